The molecule has 0 aromatic heterocycles. The Hall–Kier alpha value is 0.170. The summed E-state index contributed by atoms with van der Waals surface area (Å²) in [6.07, 6.45) is 2.51. The minimum Gasteiger partial charge on any atom is -0.362 e. The van der Waals surface area contributed by atoms with Crippen LogP contribution in [0.25, 0.3) is 0 Å². The van der Waals surface area contributed by atoms with Crippen LogP contribution in [0.5, 0.6) is 0 Å². The van der Waals surface area contributed by atoms with Gasteiger partial charge in [0, 0.05) is 11.3 Å². The molecule has 4 heteroatoms. The molecule has 0 radical (unpaired) electrons. The van der Waals surface area contributed by atoms with Crippen LogP contribution in [0.2, 0.25) is 0 Å². The van der Waals surface area contributed by atoms with Gasteiger partial charge in [0.15, 0.2) is 5.17 Å². The zero-order valence-electron chi connectivity index (χ0n) is 11.5. The first-order chi connectivity index (χ1) is 8.11. The smallest absolute Gasteiger partial charge is 0.157 e. The van der Waals surface area contributed by atoms with E-state index in [9.17, 15) is 0 Å². The van der Waals surface area contributed by atoms with E-state index < -0.39 is 0 Å². The fraction of sp³-hybridized carbons (Fsp3) is 0.923. The summed E-state index contributed by atoms with van der Waals surface area (Å²) in [5, 5.41) is 5.41. The molecule has 0 aromatic carbocycles. The van der Waals surface area contributed by atoms with Crippen LogP contribution in [0.4, 0.5) is 0 Å². The highest BCUT2D eigenvalue weighted by molar-refractivity contribution is 8.14. The average Bonchev–Trinajstić information content (AvgIpc) is 2.64. The number of rotatable bonds is 7. The molecule has 0 amide bonds. The van der Waals surface area contributed by atoms with Crippen LogP contribution in [-0.4, -0.2) is 34.5 Å². The zero-order chi connectivity index (χ0) is 12.7. The fourth-order valence-corrected chi connectivity index (χ4v) is 4.01. The lowest BCUT2D eigenvalue weighted by molar-refractivity contribution is 0.575. The molecule has 0 bridgehead atoms. The van der Waals surface area contributed by atoms with Crippen molar-refractivity contribution >= 4 is 28.7 Å². The Morgan fingerprint density at radius 2 is 2.24 bits per heavy atom. The van der Waals surface area contributed by atoms with Crippen molar-refractivity contribution in [2.45, 2.75) is 51.8 Å². The molecule has 0 saturated carbocycles. The molecule has 2 unspecified atom stereocenters. The first-order valence-corrected chi connectivity index (χ1v) is 8.70. The van der Waals surface area contributed by atoms with Crippen LogP contribution in [0.3, 0.4) is 0 Å². The van der Waals surface area contributed by atoms with Gasteiger partial charge < -0.3 is 5.32 Å². The first-order valence-electron chi connectivity index (χ1n) is 6.67. The fourth-order valence-electron chi connectivity index (χ4n) is 1.83. The highest BCUT2D eigenvalue weighted by Gasteiger charge is 2.21. The number of hydrogen-bond donors (Lipinski definition) is 1. The molecule has 0 fully saturated rings. The van der Waals surface area contributed by atoms with Gasteiger partial charge in [0.25, 0.3) is 0 Å². The molecule has 17 heavy (non-hydrogen) atoms. The van der Waals surface area contributed by atoms with Gasteiger partial charge in [0.05, 0.1) is 6.54 Å². The van der Waals surface area contributed by atoms with Gasteiger partial charge in [-0.3, -0.25) is 4.99 Å². The molecule has 1 rings (SSSR count). The standard InChI is InChI=1S/C13H26N2S2/c1-5-16-7-6-11(4)15-13-14-9-12(17-13)8-10(2)3/h10-12H,5-9H2,1-4H3,(H,14,15). The number of amidine groups is 1. The number of nitrogens with one attached hydrogen (secondary N) is 1. The third-order valence-electron chi connectivity index (χ3n) is 2.72. The summed E-state index contributed by atoms with van der Waals surface area (Å²) < 4.78 is 0. The summed E-state index contributed by atoms with van der Waals surface area (Å²) in [5.74, 6) is 3.25. The molecule has 0 aromatic rings. The Kier molecular flexibility index (Phi) is 7.44. The van der Waals surface area contributed by atoms with Gasteiger partial charge in [-0.1, -0.05) is 32.5 Å². The second kappa shape index (κ2) is 8.30. The second-order valence-electron chi connectivity index (χ2n) is 5.05. The third kappa shape index (κ3) is 6.61. The normalized spacial score (nSPS) is 21.7. The van der Waals surface area contributed by atoms with Gasteiger partial charge in [-0.15, -0.1) is 0 Å². The number of hydrogen-bond acceptors (Lipinski definition) is 4. The molecule has 100 valence electrons. The van der Waals surface area contributed by atoms with Gasteiger partial charge in [-0.05, 0) is 37.2 Å². The highest BCUT2D eigenvalue weighted by Crippen LogP contribution is 2.25. The SMILES string of the molecule is CCSCCC(C)NC1=NCC(CC(C)C)S1. The molecule has 1 heterocycles. The van der Waals surface area contributed by atoms with Crippen molar-refractivity contribution in [2.24, 2.45) is 10.9 Å². The van der Waals surface area contributed by atoms with Crippen molar-refractivity contribution in [3.8, 4) is 0 Å². The maximum atomic E-state index is 4.60. The van der Waals surface area contributed by atoms with E-state index >= 15 is 0 Å². The summed E-state index contributed by atoms with van der Waals surface area (Å²) in [7, 11) is 0. The van der Waals surface area contributed by atoms with E-state index in [0.717, 1.165) is 12.5 Å². The van der Waals surface area contributed by atoms with Crippen LogP contribution >= 0.6 is 23.5 Å². The van der Waals surface area contributed by atoms with Crippen LogP contribution in [-0.2, 0) is 0 Å². The Labute approximate surface area is 115 Å². The van der Waals surface area contributed by atoms with Crippen molar-refractivity contribution in [1.29, 1.82) is 0 Å². The van der Waals surface area contributed by atoms with E-state index in [-0.39, 0.29) is 0 Å². The van der Waals surface area contributed by atoms with Crippen LogP contribution in [0, 0.1) is 5.92 Å². The summed E-state index contributed by atoms with van der Waals surface area (Å²) in [4.78, 5) is 4.60. The molecule has 2 nitrogen and oxygen atoms in total. The minimum absolute atomic E-state index is 0.554. The molecule has 1 N–H and O–H groups in total. The molecule has 0 aliphatic carbocycles. The first kappa shape index (κ1) is 15.2. The number of aliphatic imine (C=N–C) groups is 1. The van der Waals surface area contributed by atoms with Gasteiger partial charge in [-0.25, -0.2) is 0 Å². The van der Waals surface area contributed by atoms with Crippen molar-refractivity contribution < 1.29 is 0 Å². The molecule has 1 aliphatic heterocycles. The maximum Gasteiger partial charge on any atom is 0.157 e. The third-order valence-corrected chi connectivity index (χ3v) is 4.80. The van der Waals surface area contributed by atoms with Gasteiger partial charge in [-0.2, -0.15) is 11.8 Å². The van der Waals surface area contributed by atoms with Crippen molar-refractivity contribution in [1.82, 2.24) is 5.32 Å². The monoisotopic (exact) mass is 274 g/mol. The minimum atomic E-state index is 0.554. The van der Waals surface area contributed by atoms with Gasteiger partial charge in [0.1, 0.15) is 0 Å². The topological polar surface area (TPSA) is 24.4 Å². The van der Waals surface area contributed by atoms with Gasteiger partial charge in [0.2, 0.25) is 0 Å². The zero-order valence-corrected chi connectivity index (χ0v) is 13.2. The molecule has 1 aliphatic rings. The lowest BCUT2D eigenvalue weighted by atomic mass is 10.1. The van der Waals surface area contributed by atoms with E-state index in [1.54, 1.807) is 0 Å². The quantitative estimate of drug-likeness (QED) is 0.718. The average molecular weight is 274 g/mol. The molecule has 2 atom stereocenters. The van der Waals surface area contributed by atoms with Gasteiger partial charge >= 0.3 is 0 Å². The summed E-state index contributed by atoms with van der Waals surface area (Å²) >= 11 is 3.96. The largest absolute Gasteiger partial charge is 0.362 e. The van der Waals surface area contributed by atoms with Crippen LogP contribution in [0.15, 0.2) is 4.99 Å². The Bertz CT molecular complexity index is 242. The number of nitrogens with zero attached hydrogens (tertiary/aromatic N) is 1. The predicted octanol–water partition coefficient (Wildman–Crippen LogP) is 3.63. The van der Waals surface area contributed by atoms with Crippen molar-refractivity contribution in [3.05, 3.63) is 0 Å². The molecular formula is C13H26N2S2. The summed E-state index contributed by atoms with van der Waals surface area (Å²) in [6.45, 7) is 10.1. The maximum absolute atomic E-state index is 4.60. The van der Waals surface area contributed by atoms with E-state index in [1.807, 2.05) is 23.5 Å². The summed E-state index contributed by atoms with van der Waals surface area (Å²) in [5.41, 5.74) is 0. The molecule has 0 saturated heterocycles. The predicted molar refractivity (Wildman–Crippen MR) is 83.3 cm³/mol. The van der Waals surface area contributed by atoms with E-state index in [4.69, 9.17) is 0 Å². The van der Waals surface area contributed by atoms with Crippen molar-refractivity contribution in [2.75, 3.05) is 18.1 Å². The Morgan fingerprint density at radius 3 is 2.88 bits per heavy atom. The van der Waals surface area contributed by atoms with E-state index in [1.165, 1.54) is 29.5 Å². The lowest BCUT2D eigenvalue weighted by Gasteiger charge is -2.15. The van der Waals surface area contributed by atoms with Crippen LogP contribution in [0.1, 0.15) is 40.5 Å². The highest BCUT2D eigenvalue weighted by atomic mass is 32.2. The Morgan fingerprint density at radius 1 is 1.47 bits per heavy atom. The van der Waals surface area contributed by atoms with E-state index in [2.05, 4.69) is 38.0 Å². The second-order valence-corrected chi connectivity index (χ2v) is 7.73. The Balaban J connectivity index is 2.16. The summed E-state index contributed by atoms with van der Waals surface area (Å²) in [6, 6.07) is 0.554. The van der Waals surface area contributed by atoms with Crippen LogP contribution < -0.4 is 5.32 Å². The molecular weight excluding hydrogens is 248 g/mol. The molecule has 0 spiro atoms. The number of thioether (sulfide) groups is 2. The lowest BCUT2D eigenvalue weighted by Crippen LogP contribution is -2.30. The van der Waals surface area contributed by atoms with Crippen molar-refractivity contribution in [3.63, 3.8) is 0 Å². The van der Waals surface area contributed by atoms with E-state index in [0.29, 0.717) is 11.3 Å².